The van der Waals surface area contributed by atoms with Crippen molar-refractivity contribution in [2.24, 2.45) is 5.92 Å². The summed E-state index contributed by atoms with van der Waals surface area (Å²) in [6, 6.07) is 14.6. The molecule has 0 spiro atoms. The maximum Gasteiger partial charge on any atom is 0.259 e. The summed E-state index contributed by atoms with van der Waals surface area (Å²) in [5.74, 6) is -2.99. The third kappa shape index (κ3) is 5.13. The highest BCUT2D eigenvalue weighted by atomic mass is 35.5. The third-order valence-corrected chi connectivity index (χ3v) is 7.50. The summed E-state index contributed by atoms with van der Waals surface area (Å²) >= 11 is 31.2. The van der Waals surface area contributed by atoms with Crippen LogP contribution in [0, 0.1) is 23.1 Å². The number of hydrogen-bond donors (Lipinski definition) is 1. The highest BCUT2D eigenvalue weighted by Gasteiger charge is 2.67. The summed E-state index contributed by atoms with van der Waals surface area (Å²) in [5.41, 5.74) is 1.14. The minimum atomic E-state index is -1.38. The maximum absolute atomic E-state index is 13.5. The number of carbonyl (C=O) groups excluding carboxylic acids is 2. The molecule has 1 saturated carbocycles. The van der Waals surface area contributed by atoms with Gasteiger partial charge in [0.1, 0.15) is 16.2 Å². The van der Waals surface area contributed by atoms with Gasteiger partial charge in [0, 0.05) is 28.7 Å². The average Bonchev–Trinajstić information content (AvgIpc) is 3.40. The quantitative estimate of drug-likeness (QED) is 0.316. The topological polar surface area (TPSA) is 73.2 Å². The lowest BCUT2D eigenvalue weighted by Gasteiger charge is -2.20. The number of benzene rings is 3. The van der Waals surface area contributed by atoms with Crippen LogP contribution in [0.4, 0.5) is 15.8 Å². The van der Waals surface area contributed by atoms with E-state index in [1.54, 1.807) is 18.2 Å². The van der Waals surface area contributed by atoms with E-state index in [1.165, 1.54) is 36.2 Å². The molecule has 0 saturated heterocycles. The highest BCUT2D eigenvalue weighted by Crippen LogP contribution is 2.65. The van der Waals surface area contributed by atoms with Gasteiger partial charge in [0.2, 0.25) is 5.91 Å². The van der Waals surface area contributed by atoms with Crippen molar-refractivity contribution >= 4 is 81.2 Å². The molecule has 184 valence electrons. The van der Waals surface area contributed by atoms with Gasteiger partial charge in [-0.25, -0.2) is 4.39 Å². The van der Waals surface area contributed by atoms with Gasteiger partial charge in [-0.15, -0.1) is 23.2 Å². The van der Waals surface area contributed by atoms with Crippen molar-refractivity contribution in [1.82, 2.24) is 0 Å². The molecular formula is C25H15Cl5FN3O2. The van der Waals surface area contributed by atoms with Crippen LogP contribution in [0.15, 0.2) is 54.6 Å². The van der Waals surface area contributed by atoms with Crippen molar-refractivity contribution in [3.8, 4) is 6.07 Å². The Labute approximate surface area is 231 Å². The molecule has 3 aromatic carbocycles. The van der Waals surface area contributed by atoms with E-state index < -0.39 is 33.8 Å². The minimum absolute atomic E-state index is 0.0205. The van der Waals surface area contributed by atoms with Crippen LogP contribution in [-0.2, 0) is 4.79 Å². The number of amides is 2. The van der Waals surface area contributed by atoms with Gasteiger partial charge in [0.05, 0.1) is 27.8 Å². The second-order valence-electron chi connectivity index (χ2n) is 8.15. The van der Waals surface area contributed by atoms with Gasteiger partial charge in [-0.1, -0.05) is 34.8 Å². The number of anilines is 2. The van der Waals surface area contributed by atoms with E-state index in [4.69, 9.17) is 58.0 Å². The van der Waals surface area contributed by atoms with Crippen LogP contribution in [0.1, 0.15) is 27.4 Å². The van der Waals surface area contributed by atoms with E-state index in [9.17, 15) is 19.2 Å². The molecule has 2 unspecified atom stereocenters. The summed E-state index contributed by atoms with van der Waals surface area (Å²) in [7, 11) is 1.43. The molecule has 3 aromatic rings. The van der Waals surface area contributed by atoms with E-state index >= 15 is 0 Å². The van der Waals surface area contributed by atoms with Crippen LogP contribution < -0.4 is 10.2 Å². The number of alkyl halides is 2. The third-order valence-electron chi connectivity index (χ3n) is 5.79. The number of nitrogens with one attached hydrogen (secondary N) is 1. The van der Waals surface area contributed by atoms with Gasteiger partial charge in [0.15, 0.2) is 0 Å². The fourth-order valence-corrected chi connectivity index (χ4v) is 5.56. The fourth-order valence-electron chi connectivity index (χ4n) is 3.99. The molecule has 1 aliphatic rings. The van der Waals surface area contributed by atoms with E-state index in [0.29, 0.717) is 15.6 Å². The number of nitrogens with zero attached hydrogens (tertiary/aromatic N) is 2. The smallest absolute Gasteiger partial charge is 0.259 e. The van der Waals surface area contributed by atoms with E-state index in [1.807, 2.05) is 6.07 Å². The monoisotopic (exact) mass is 583 g/mol. The van der Waals surface area contributed by atoms with Crippen molar-refractivity contribution in [2.45, 2.75) is 10.3 Å². The van der Waals surface area contributed by atoms with Crippen molar-refractivity contribution < 1.29 is 14.0 Å². The molecule has 0 bridgehead atoms. The zero-order valence-electron chi connectivity index (χ0n) is 18.3. The molecule has 0 aromatic heterocycles. The fraction of sp³-hybridized carbons (Fsp3) is 0.160. The molecule has 1 N–H and O–H groups in total. The second kappa shape index (κ2) is 10.1. The summed E-state index contributed by atoms with van der Waals surface area (Å²) in [6.07, 6.45) is 0. The van der Waals surface area contributed by atoms with Gasteiger partial charge >= 0.3 is 0 Å². The number of carbonyl (C=O) groups is 2. The number of hydrogen-bond acceptors (Lipinski definition) is 3. The number of nitriles is 1. The molecule has 1 fully saturated rings. The number of rotatable bonds is 5. The van der Waals surface area contributed by atoms with Crippen molar-refractivity contribution in [3.63, 3.8) is 0 Å². The van der Waals surface area contributed by atoms with Crippen molar-refractivity contribution in [2.75, 3.05) is 17.3 Å². The first-order valence-corrected chi connectivity index (χ1v) is 12.2. The maximum atomic E-state index is 13.5. The molecule has 0 radical (unpaired) electrons. The lowest BCUT2D eigenvalue weighted by Crippen LogP contribution is -2.27. The SMILES string of the molecule is CN(C(=O)c1cc(NC(=O)C2C(c3cc(Cl)cc(Cl)c3)C2(Cl)Cl)ccc1Cl)c1ccc(F)cc1C#N. The molecule has 4 rings (SSSR count). The van der Waals surface area contributed by atoms with E-state index in [0.717, 1.165) is 12.1 Å². The predicted octanol–water partition coefficient (Wildman–Crippen LogP) is 7.46. The molecule has 36 heavy (non-hydrogen) atoms. The molecule has 0 heterocycles. The summed E-state index contributed by atoms with van der Waals surface area (Å²) in [4.78, 5) is 27.4. The summed E-state index contributed by atoms with van der Waals surface area (Å²) in [6.45, 7) is 0. The van der Waals surface area contributed by atoms with Crippen LogP contribution in [0.25, 0.3) is 0 Å². The van der Waals surface area contributed by atoms with Crippen molar-refractivity contribution in [3.05, 3.63) is 92.2 Å². The Morgan fingerprint density at radius 1 is 1.03 bits per heavy atom. The van der Waals surface area contributed by atoms with Gasteiger partial charge in [-0.2, -0.15) is 5.26 Å². The minimum Gasteiger partial charge on any atom is -0.326 e. The Morgan fingerprint density at radius 3 is 2.33 bits per heavy atom. The molecule has 5 nitrogen and oxygen atoms in total. The van der Waals surface area contributed by atoms with Crippen molar-refractivity contribution in [1.29, 1.82) is 5.26 Å². The summed E-state index contributed by atoms with van der Waals surface area (Å²) < 4.78 is 12.1. The number of halogens is 6. The lowest BCUT2D eigenvalue weighted by molar-refractivity contribution is -0.117. The van der Waals surface area contributed by atoms with Gasteiger partial charge in [0.25, 0.3) is 5.91 Å². The zero-order chi connectivity index (χ0) is 26.4. The summed E-state index contributed by atoms with van der Waals surface area (Å²) in [5, 5.41) is 12.9. The molecular weight excluding hydrogens is 571 g/mol. The standard InChI is InChI=1S/C25H15Cl5FN3O2/c1-34(20-5-2-16(31)8-13(20)11-32)24(36)18-10-17(3-4-19(18)28)33-23(35)22-21(25(22,29)30)12-6-14(26)9-15(27)7-12/h2-10,21-22H,1H3,(H,33,35). The molecule has 0 aliphatic heterocycles. The van der Waals surface area contributed by atoms with Crippen LogP contribution in [0.2, 0.25) is 15.1 Å². The first-order valence-electron chi connectivity index (χ1n) is 10.4. The van der Waals surface area contributed by atoms with E-state index in [-0.39, 0.29) is 27.5 Å². The Morgan fingerprint density at radius 2 is 1.69 bits per heavy atom. The van der Waals surface area contributed by atoms with Crippen LogP contribution in [-0.4, -0.2) is 23.2 Å². The van der Waals surface area contributed by atoms with Gasteiger partial charge in [-0.3, -0.25) is 9.59 Å². The lowest BCUT2D eigenvalue weighted by atomic mass is 10.1. The Hall–Kier alpha value is -2.53. The molecule has 2 atom stereocenters. The first-order chi connectivity index (χ1) is 16.9. The van der Waals surface area contributed by atoms with Gasteiger partial charge in [-0.05, 0) is 60.2 Å². The molecule has 1 aliphatic carbocycles. The largest absolute Gasteiger partial charge is 0.326 e. The Balaban J connectivity index is 1.56. The predicted molar refractivity (Wildman–Crippen MR) is 141 cm³/mol. The van der Waals surface area contributed by atoms with Crippen LogP contribution >= 0.6 is 58.0 Å². The van der Waals surface area contributed by atoms with Crippen LogP contribution in [0.3, 0.4) is 0 Å². The van der Waals surface area contributed by atoms with E-state index in [2.05, 4.69) is 5.32 Å². The second-order valence-corrected chi connectivity index (χ2v) is 10.9. The Kier molecular flexibility index (Phi) is 7.43. The first kappa shape index (κ1) is 26.5. The highest BCUT2D eigenvalue weighted by molar-refractivity contribution is 6.53. The molecule has 2 amide bonds. The normalized spacial score (nSPS) is 17.7. The van der Waals surface area contributed by atoms with Gasteiger partial charge < -0.3 is 10.2 Å². The molecule has 11 heteroatoms. The zero-order valence-corrected chi connectivity index (χ0v) is 22.1. The Bertz CT molecular complexity index is 1420. The van der Waals surface area contributed by atoms with Crippen LogP contribution in [0.5, 0.6) is 0 Å². The average molecular weight is 586 g/mol.